The van der Waals surface area contributed by atoms with Gasteiger partial charge in [-0.2, -0.15) is 0 Å². The van der Waals surface area contributed by atoms with Gasteiger partial charge in [0.2, 0.25) is 11.8 Å². The summed E-state index contributed by atoms with van der Waals surface area (Å²) in [5.74, 6) is 2.15. The molecule has 0 spiro atoms. The topological polar surface area (TPSA) is 43.9 Å². The number of likely N-dealkylation sites (tertiary alicyclic amines) is 1. The average molecular weight is 496 g/mol. The number of amides is 2. The fourth-order valence-corrected chi connectivity index (χ4v) is 7.97. The molecule has 6 atom stereocenters. The first-order valence-corrected chi connectivity index (χ1v) is 14.3. The van der Waals surface area contributed by atoms with E-state index < -0.39 is 0 Å². The smallest absolute Gasteiger partial charge is 0.233 e. The van der Waals surface area contributed by atoms with Crippen molar-refractivity contribution in [2.45, 2.75) is 25.3 Å². The van der Waals surface area contributed by atoms with Crippen LogP contribution in [0.2, 0.25) is 0 Å². The van der Waals surface area contributed by atoms with Gasteiger partial charge in [0.15, 0.2) is 0 Å². The third-order valence-corrected chi connectivity index (χ3v) is 9.86. The summed E-state index contributed by atoms with van der Waals surface area (Å²) in [6.45, 7) is 5.83. The van der Waals surface area contributed by atoms with Gasteiger partial charge >= 0.3 is 0 Å². The summed E-state index contributed by atoms with van der Waals surface area (Å²) < 4.78 is 0. The van der Waals surface area contributed by atoms with E-state index in [1.807, 2.05) is 0 Å². The van der Waals surface area contributed by atoms with Gasteiger partial charge in [-0.15, -0.1) is 0 Å². The Hall–Kier alpha value is -2.76. The summed E-state index contributed by atoms with van der Waals surface area (Å²) in [4.78, 5) is 33.2. The summed E-state index contributed by atoms with van der Waals surface area (Å²) >= 11 is 0. The lowest BCUT2D eigenvalue weighted by atomic mass is 9.63. The molecule has 2 heterocycles. The van der Waals surface area contributed by atoms with Crippen LogP contribution in [0.5, 0.6) is 0 Å². The van der Waals surface area contributed by atoms with E-state index in [9.17, 15) is 9.59 Å². The molecule has 2 aliphatic heterocycles. The van der Waals surface area contributed by atoms with E-state index in [-0.39, 0.29) is 29.7 Å². The minimum Gasteiger partial charge on any atom is -0.301 e. The number of hydrogen-bond donors (Lipinski definition) is 0. The molecule has 192 valence electrons. The van der Waals surface area contributed by atoms with Crippen LogP contribution in [-0.4, -0.2) is 65.8 Å². The third-order valence-electron chi connectivity index (χ3n) is 9.86. The number of hydrogen-bond acceptors (Lipinski definition) is 4. The molecule has 2 bridgehead atoms. The van der Waals surface area contributed by atoms with Crippen LogP contribution in [0.1, 0.15) is 36.4 Å². The van der Waals surface area contributed by atoms with Gasteiger partial charge in [0.1, 0.15) is 0 Å². The van der Waals surface area contributed by atoms with Gasteiger partial charge in [-0.3, -0.25) is 19.4 Å². The molecule has 2 saturated carbocycles. The van der Waals surface area contributed by atoms with Gasteiger partial charge < -0.3 is 4.90 Å². The number of carbonyl (C=O) groups is 2. The van der Waals surface area contributed by atoms with Crippen molar-refractivity contribution in [1.82, 2.24) is 14.7 Å². The standard InChI is InChI=1S/C32H37N3O2/c36-31-28-24-13-14-25(27-21-26(24)27)29(28)32(37)35(31)16-8-7-15-33-17-19-34(20-18-33)30(22-9-3-1-4-10-22)23-11-5-2-6-12-23/h1-6,9-14,24-30H,7-8,15-21H2/t24-,25+,26?,27?,28?,29?. The molecule has 2 aromatic rings. The molecule has 5 nitrogen and oxygen atoms in total. The van der Waals surface area contributed by atoms with Crippen LogP contribution in [0.25, 0.3) is 0 Å². The third kappa shape index (κ3) is 4.07. The number of rotatable bonds is 8. The maximum atomic E-state index is 13.2. The minimum atomic E-state index is -0.0542. The van der Waals surface area contributed by atoms with E-state index in [1.54, 1.807) is 4.90 Å². The zero-order chi connectivity index (χ0) is 24.9. The summed E-state index contributed by atoms with van der Waals surface area (Å²) in [7, 11) is 0. The number of carbonyl (C=O) groups excluding carboxylic acids is 2. The zero-order valence-electron chi connectivity index (χ0n) is 21.5. The van der Waals surface area contributed by atoms with Gasteiger partial charge in [0, 0.05) is 32.7 Å². The molecule has 6 aliphatic rings. The number of imide groups is 1. The molecule has 0 aromatic heterocycles. The second kappa shape index (κ2) is 9.52. The highest BCUT2D eigenvalue weighted by Crippen LogP contribution is 2.65. The Morgan fingerprint density at radius 3 is 1.73 bits per heavy atom. The van der Waals surface area contributed by atoms with Crippen molar-refractivity contribution in [2.75, 3.05) is 39.3 Å². The predicted molar refractivity (Wildman–Crippen MR) is 143 cm³/mol. The molecule has 0 N–H and O–H groups in total. The Labute approximate surface area is 220 Å². The Balaban J connectivity index is 0.910. The lowest BCUT2D eigenvalue weighted by molar-refractivity contribution is -0.140. The van der Waals surface area contributed by atoms with Gasteiger partial charge in [-0.05, 0) is 60.6 Å². The van der Waals surface area contributed by atoms with Crippen molar-refractivity contribution in [2.24, 2.45) is 35.5 Å². The highest BCUT2D eigenvalue weighted by atomic mass is 16.2. The number of piperazine rings is 1. The zero-order valence-corrected chi connectivity index (χ0v) is 21.5. The molecule has 2 aromatic carbocycles. The van der Waals surface area contributed by atoms with Gasteiger partial charge in [-0.1, -0.05) is 72.8 Å². The monoisotopic (exact) mass is 495 g/mol. The van der Waals surface area contributed by atoms with E-state index in [1.165, 1.54) is 17.5 Å². The summed E-state index contributed by atoms with van der Waals surface area (Å²) in [6.07, 6.45) is 7.68. The average Bonchev–Trinajstić information content (AvgIpc) is 3.73. The van der Waals surface area contributed by atoms with E-state index in [4.69, 9.17) is 0 Å². The Morgan fingerprint density at radius 2 is 1.19 bits per heavy atom. The van der Waals surface area contributed by atoms with Crippen LogP contribution in [0, 0.1) is 35.5 Å². The SMILES string of the molecule is O=C1C2C(C(=O)N1CCCCN1CCN(C(c3ccccc3)c3ccccc3)CC1)[C@H]1C=C[C@@H]2C2CC21. The predicted octanol–water partition coefficient (Wildman–Crippen LogP) is 4.23. The first kappa shape index (κ1) is 23.4. The molecule has 2 saturated heterocycles. The first-order valence-electron chi connectivity index (χ1n) is 14.3. The summed E-state index contributed by atoms with van der Waals surface area (Å²) in [5, 5.41) is 0. The Bertz CT molecular complexity index is 1100. The minimum absolute atomic E-state index is 0.0542. The lowest BCUT2D eigenvalue weighted by Crippen LogP contribution is -2.48. The van der Waals surface area contributed by atoms with Gasteiger partial charge in [0.25, 0.3) is 0 Å². The second-order valence-electron chi connectivity index (χ2n) is 11.8. The lowest BCUT2D eigenvalue weighted by Gasteiger charge is -2.40. The molecule has 8 rings (SSSR count). The van der Waals surface area contributed by atoms with Crippen LogP contribution in [-0.2, 0) is 9.59 Å². The van der Waals surface area contributed by atoms with Crippen molar-refractivity contribution >= 4 is 11.8 Å². The molecule has 4 unspecified atom stereocenters. The van der Waals surface area contributed by atoms with Crippen LogP contribution in [0.4, 0.5) is 0 Å². The summed E-state index contributed by atoms with van der Waals surface area (Å²) in [6, 6.07) is 22.0. The number of allylic oxidation sites excluding steroid dienone is 2. The van der Waals surface area contributed by atoms with Crippen molar-refractivity contribution in [3.8, 4) is 0 Å². The van der Waals surface area contributed by atoms with E-state index in [2.05, 4.69) is 82.6 Å². The maximum Gasteiger partial charge on any atom is 0.233 e. The van der Waals surface area contributed by atoms with Crippen molar-refractivity contribution in [1.29, 1.82) is 0 Å². The second-order valence-corrected chi connectivity index (χ2v) is 11.8. The number of benzene rings is 2. The quantitative estimate of drug-likeness (QED) is 0.312. The molecule has 0 radical (unpaired) electrons. The van der Waals surface area contributed by atoms with Crippen LogP contribution in [0.15, 0.2) is 72.8 Å². The molecule has 2 amide bonds. The number of unbranched alkanes of at least 4 members (excludes halogenated alkanes) is 1. The highest BCUT2D eigenvalue weighted by Gasteiger charge is 2.66. The van der Waals surface area contributed by atoms with Crippen molar-refractivity contribution in [3.63, 3.8) is 0 Å². The summed E-state index contributed by atoms with van der Waals surface area (Å²) in [5.41, 5.74) is 2.70. The highest BCUT2D eigenvalue weighted by molar-refractivity contribution is 6.06. The first-order chi connectivity index (χ1) is 18.2. The van der Waals surface area contributed by atoms with E-state index in [0.717, 1.165) is 45.6 Å². The maximum absolute atomic E-state index is 13.2. The van der Waals surface area contributed by atoms with Crippen molar-refractivity contribution in [3.05, 3.63) is 83.9 Å². The molecule has 5 heteroatoms. The molecular formula is C32H37N3O2. The van der Waals surface area contributed by atoms with E-state index in [0.29, 0.717) is 30.2 Å². The molecule has 37 heavy (non-hydrogen) atoms. The van der Waals surface area contributed by atoms with Crippen molar-refractivity contribution < 1.29 is 9.59 Å². The Kier molecular flexibility index (Phi) is 6.01. The largest absolute Gasteiger partial charge is 0.301 e. The van der Waals surface area contributed by atoms with Gasteiger partial charge in [0.05, 0.1) is 17.9 Å². The number of nitrogens with zero attached hydrogens (tertiary/aromatic N) is 3. The Morgan fingerprint density at radius 1 is 0.676 bits per heavy atom. The van der Waals surface area contributed by atoms with Crippen LogP contribution in [0.3, 0.4) is 0 Å². The fourth-order valence-electron chi connectivity index (χ4n) is 7.97. The molecule has 4 fully saturated rings. The molecular weight excluding hydrogens is 458 g/mol. The fraction of sp³-hybridized carbons (Fsp3) is 0.500. The normalized spacial score (nSPS) is 32.7. The van der Waals surface area contributed by atoms with Gasteiger partial charge in [-0.25, -0.2) is 0 Å². The van der Waals surface area contributed by atoms with Crippen LogP contribution >= 0.6 is 0 Å². The molecule has 4 aliphatic carbocycles. The van der Waals surface area contributed by atoms with Crippen LogP contribution < -0.4 is 0 Å². The van der Waals surface area contributed by atoms with E-state index >= 15 is 0 Å².